The molecule has 0 saturated heterocycles. The van der Waals surface area contributed by atoms with Gasteiger partial charge < -0.3 is 9.47 Å². The van der Waals surface area contributed by atoms with Gasteiger partial charge in [0.1, 0.15) is 24.2 Å². The first kappa shape index (κ1) is 22.4. The highest BCUT2D eigenvalue weighted by Crippen LogP contribution is 2.44. The third kappa shape index (κ3) is 5.43. The van der Waals surface area contributed by atoms with Crippen LogP contribution in [0, 0.1) is 6.92 Å². The van der Waals surface area contributed by atoms with Crippen molar-refractivity contribution in [3.63, 3.8) is 0 Å². The molecule has 0 unspecified atom stereocenters. The first-order valence-electron chi connectivity index (χ1n) is 10.4. The molecule has 0 radical (unpaired) electrons. The van der Waals surface area contributed by atoms with E-state index in [4.69, 9.17) is 13.7 Å². The summed E-state index contributed by atoms with van der Waals surface area (Å²) >= 11 is 0. The molecule has 0 bridgehead atoms. The maximum Gasteiger partial charge on any atom is 0.296 e. The van der Waals surface area contributed by atoms with Gasteiger partial charge in [0.2, 0.25) is 0 Å². The van der Waals surface area contributed by atoms with Gasteiger partial charge in [0, 0.05) is 17.9 Å². The van der Waals surface area contributed by atoms with Crippen LogP contribution in [0.5, 0.6) is 11.5 Å². The molecule has 2 aromatic rings. The summed E-state index contributed by atoms with van der Waals surface area (Å²) in [5.74, 6) is 1.82. The molecule has 0 aromatic heterocycles. The van der Waals surface area contributed by atoms with E-state index in [1.165, 1.54) is 0 Å². The second kappa shape index (κ2) is 10.1. The van der Waals surface area contributed by atoms with Gasteiger partial charge in [-0.05, 0) is 43.7 Å². The lowest BCUT2D eigenvalue weighted by atomic mass is 9.89. The van der Waals surface area contributed by atoms with Gasteiger partial charge in [-0.25, -0.2) is 0 Å². The Morgan fingerprint density at radius 1 is 1.13 bits per heavy atom. The Labute approximate surface area is 179 Å². The van der Waals surface area contributed by atoms with E-state index < -0.39 is 10.1 Å². The predicted molar refractivity (Wildman–Crippen MR) is 118 cm³/mol. The fourth-order valence-electron chi connectivity index (χ4n) is 3.69. The topological polar surface area (TPSA) is 61.8 Å². The standard InChI is InChI=1S/C24H30O5S/c1-4-6-7-21-22-17-19(27-15-5-2)10-13-23(22)29-24(21)14-16-28-30(25,26)20-11-8-18(3)9-12-20/h5,8-13,17,21,24H,2,4,6-7,14-16H2,1,3H3/t21-,24+/m1/s1. The summed E-state index contributed by atoms with van der Waals surface area (Å²) in [5, 5.41) is 0. The van der Waals surface area contributed by atoms with Crippen LogP contribution in [0.2, 0.25) is 0 Å². The largest absolute Gasteiger partial charge is 0.490 e. The van der Waals surface area contributed by atoms with Crippen molar-refractivity contribution in [1.29, 1.82) is 0 Å². The Bertz CT molecular complexity index is 950. The van der Waals surface area contributed by atoms with Crippen LogP contribution in [-0.4, -0.2) is 27.7 Å². The fraction of sp³-hybridized carbons (Fsp3) is 0.417. The third-order valence-corrected chi connectivity index (χ3v) is 6.62. The highest BCUT2D eigenvalue weighted by Gasteiger charge is 2.34. The molecule has 0 N–H and O–H groups in total. The van der Waals surface area contributed by atoms with Gasteiger partial charge in [-0.15, -0.1) is 0 Å². The molecular weight excluding hydrogens is 400 g/mol. The zero-order chi connectivity index (χ0) is 21.6. The third-order valence-electron chi connectivity index (χ3n) is 5.29. The number of unbranched alkanes of at least 4 members (excludes halogenated alkanes) is 1. The average Bonchev–Trinajstić information content (AvgIpc) is 3.07. The lowest BCUT2D eigenvalue weighted by Gasteiger charge is -2.19. The first-order chi connectivity index (χ1) is 14.4. The number of hydrogen-bond acceptors (Lipinski definition) is 5. The predicted octanol–water partition coefficient (Wildman–Crippen LogP) is 5.39. The molecule has 0 saturated carbocycles. The molecule has 1 heterocycles. The molecule has 0 amide bonds. The van der Waals surface area contributed by atoms with Gasteiger partial charge in [0.25, 0.3) is 10.1 Å². The zero-order valence-corrected chi connectivity index (χ0v) is 18.5. The smallest absolute Gasteiger partial charge is 0.296 e. The molecule has 0 aliphatic carbocycles. The SMILES string of the molecule is C=CCOc1ccc2c(c1)[C@@H](CCCC)[C@H](CCOS(=O)(=O)c1ccc(C)cc1)O2. The second-order valence-corrected chi connectivity index (χ2v) is 9.20. The Kier molecular flexibility index (Phi) is 7.56. The van der Waals surface area contributed by atoms with Crippen LogP contribution < -0.4 is 9.47 Å². The van der Waals surface area contributed by atoms with Crippen molar-refractivity contribution in [2.24, 2.45) is 0 Å². The summed E-state index contributed by atoms with van der Waals surface area (Å²) in [4.78, 5) is 0.176. The molecule has 2 atom stereocenters. The van der Waals surface area contributed by atoms with Crippen molar-refractivity contribution in [3.05, 3.63) is 66.2 Å². The van der Waals surface area contributed by atoms with Crippen LogP contribution in [-0.2, 0) is 14.3 Å². The molecule has 6 heteroatoms. The van der Waals surface area contributed by atoms with Crippen molar-refractivity contribution in [3.8, 4) is 11.5 Å². The monoisotopic (exact) mass is 430 g/mol. The molecule has 3 rings (SSSR count). The zero-order valence-electron chi connectivity index (χ0n) is 17.7. The van der Waals surface area contributed by atoms with Crippen molar-refractivity contribution < 1.29 is 22.1 Å². The van der Waals surface area contributed by atoms with Crippen LogP contribution in [0.15, 0.2) is 60.0 Å². The van der Waals surface area contributed by atoms with E-state index in [-0.39, 0.29) is 23.5 Å². The molecule has 162 valence electrons. The molecular formula is C24H30O5S. The van der Waals surface area contributed by atoms with E-state index in [2.05, 4.69) is 13.5 Å². The number of fused-ring (bicyclic) bond motifs is 1. The minimum Gasteiger partial charge on any atom is -0.490 e. The molecule has 30 heavy (non-hydrogen) atoms. The number of ether oxygens (including phenoxy) is 2. The summed E-state index contributed by atoms with van der Waals surface area (Å²) < 4.78 is 42.0. The van der Waals surface area contributed by atoms with Gasteiger partial charge in [0.15, 0.2) is 0 Å². The molecule has 5 nitrogen and oxygen atoms in total. The number of hydrogen-bond donors (Lipinski definition) is 0. The number of rotatable bonds is 11. The maximum absolute atomic E-state index is 12.4. The number of benzene rings is 2. The Balaban J connectivity index is 1.66. The first-order valence-corrected chi connectivity index (χ1v) is 11.9. The van der Waals surface area contributed by atoms with Gasteiger partial charge >= 0.3 is 0 Å². The van der Waals surface area contributed by atoms with Crippen LogP contribution in [0.1, 0.15) is 49.7 Å². The Morgan fingerprint density at radius 3 is 2.60 bits per heavy atom. The van der Waals surface area contributed by atoms with Crippen molar-refractivity contribution in [2.75, 3.05) is 13.2 Å². The van der Waals surface area contributed by atoms with E-state index in [1.807, 2.05) is 25.1 Å². The minimum atomic E-state index is -3.77. The summed E-state index contributed by atoms with van der Waals surface area (Å²) in [7, 11) is -3.77. The maximum atomic E-state index is 12.4. The highest BCUT2D eigenvalue weighted by atomic mass is 32.2. The summed E-state index contributed by atoms with van der Waals surface area (Å²) in [6.45, 7) is 8.29. The molecule has 0 fully saturated rings. The lowest BCUT2D eigenvalue weighted by molar-refractivity contribution is 0.160. The van der Waals surface area contributed by atoms with Gasteiger partial charge in [-0.1, -0.05) is 50.1 Å². The van der Waals surface area contributed by atoms with Crippen molar-refractivity contribution in [1.82, 2.24) is 0 Å². The fourth-order valence-corrected chi connectivity index (χ4v) is 4.61. The normalized spacial score (nSPS) is 17.9. The van der Waals surface area contributed by atoms with Crippen molar-refractivity contribution in [2.45, 2.75) is 56.4 Å². The lowest BCUT2D eigenvalue weighted by Crippen LogP contribution is -2.22. The summed E-state index contributed by atoms with van der Waals surface area (Å²) in [6.07, 6.45) is 5.23. The highest BCUT2D eigenvalue weighted by molar-refractivity contribution is 7.86. The average molecular weight is 431 g/mol. The van der Waals surface area contributed by atoms with Gasteiger partial charge in [0.05, 0.1) is 11.5 Å². The van der Waals surface area contributed by atoms with Gasteiger partial charge in [-0.3, -0.25) is 4.18 Å². The minimum absolute atomic E-state index is 0.0807. The molecule has 0 spiro atoms. The molecule has 2 aromatic carbocycles. The van der Waals surface area contributed by atoms with Crippen molar-refractivity contribution >= 4 is 10.1 Å². The van der Waals surface area contributed by atoms with E-state index in [0.29, 0.717) is 13.0 Å². The summed E-state index contributed by atoms with van der Waals surface area (Å²) in [5.41, 5.74) is 2.12. The van der Waals surface area contributed by atoms with E-state index >= 15 is 0 Å². The van der Waals surface area contributed by atoms with Crippen LogP contribution in [0.3, 0.4) is 0 Å². The second-order valence-electron chi connectivity index (χ2n) is 7.58. The van der Waals surface area contributed by atoms with Crippen LogP contribution in [0.4, 0.5) is 0 Å². The quantitative estimate of drug-likeness (QED) is 0.353. The Hall–Kier alpha value is -2.31. The number of aryl methyl sites for hydroxylation is 1. The van der Waals surface area contributed by atoms with Crippen LogP contribution in [0.25, 0.3) is 0 Å². The van der Waals surface area contributed by atoms with E-state index in [1.54, 1.807) is 30.3 Å². The molecule has 1 aliphatic rings. The molecule has 1 aliphatic heterocycles. The summed E-state index contributed by atoms with van der Waals surface area (Å²) in [6, 6.07) is 12.5. The Morgan fingerprint density at radius 2 is 1.90 bits per heavy atom. The van der Waals surface area contributed by atoms with E-state index in [9.17, 15) is 8.42 Å². The van der Waals surface area contributed by atoms with Gasteiger partial charge in [-0.2, -0.15) is 8.42 Å². The van der Waals surface area contributed by atoms with Crippen LogP contribution >= 0.6 is 0 Å². The van der Waals surface area contributed by atoms with E-state index in [0.717, 1.165) is 41.9 Å².